The second-order valence-corrected chi connectivity index (χ2v) is 8.47. The van der Waals surface area contributed by atoms with Crippen LogP contribution in [0.2, 0.25) is 0 Å². The van der Waals surface area contributed by atoms with E-state index < -0.39 is 17.8 Å². The third-order valence-electron chi connectivity index (χ3n) is 6.25. The number of barbiturate groups is 1. The van der Waals surface area contributed by atoms with Crippen LogP contribution in [0.15, 0.2) is 60.3 Å². The Kier molecular flexibility index (Phi) is 5.92. The van der Waals surface area contributed by atoms with Crippen molar-refractivity contribution in [1.29, 1.82) is 0 Å². The molecule has 0 unspecified atom stereocenters. The van der Waals surface area contributed by atoms with E-state index in [2.05, 4.69) is 5.32 Å². The van der Waals surface area contributed by atoms with Gasteiger partial charge in [-0.1, -0.05) is 36.4 Å². The fourth-order valence-corrected chi connectivity index (χ4v) is 4.43. The number of aryl methyl sites for hydroxylation is 1. The summed E-state index contributed by atoms with van der Waals surface area (Å²) in [5, 5.41) is 3.05. The van der Waals surface area contributed by atoms with Crippen molar-refractivity contribution >= 4 is 46.4 Å². The monoisotopic (exact) mass is 472 g/mol. The van der Waals surface area contributed by atoms with Crippen molar-refractivity contribution in [3.05, 3.63) is 71.4 Å². The number of fused-ring (bicyclic) bond motifs is 1. The van der Waals surface area contributed by atoms with Crippen LogP contribution in [-0.2, 0) is 25.7 Å². The summed E-state index contributed by atoms with van der Waals surface area (Å²) in [5.41, 5.74) is 2.38. The van der Waals surface area contributed by atoms with Crippen molar-refractivity contribution < 1.29 is 23.9 Å². The van der Waals surface area contributed by atoms with Crippen molar-refractivity contribution in [3.8, 4) is 0 Å². The molecule has 9 nitrogen and oxygen atoms in total. The van der Waals surface area contributed by atoms with E-state index in [4.69, 9.17) is 4.74 Å². The summed E-state index contributed by atoms with van der Waals surface area (Å²) in [6.07, 6.45) is 3.23. The SMILES string of the molecule is Cc1ccccc1N1C(=O)NC(=O)/C(=C\c2cn(CC(=O)N3CCOCC3)c3ccccc23)C1=O. The number of carbonyl (C=O) groups excluding carboxylic acids is 4. The van der Waals surface area contributed by atoms with Gasteiger partial charge in [-0.2, -0.15) is 0 Å². The number of anilines is 1. The highest BCUT2D eigenvalue weighted by Gasteiger charge is 2.37. The van der Waals surface area contributed by atoms with Gasteiger partial charge in [0.2, 0.25) is 5.91 Å². The number of hydrogen-bond acceptors (Lipinski definition) is 5. The third-order valence-corrected chi connectivity index (χ3v) is 6.25. The highest BCUT2D eigenvalue weighted by Crippen LogP contribution is 2.28. The average Bonchev–Trinajstić information content (AvgIpc) is 3.20. The molecule has 0 radical (unpaired) electrons. The van der Waals surface area contributed by atoms with Gasteiger partial charge < -0.3 is 14.2 Å². The van der Waals surface area contributed by atoms with Crippen LogP contribution in [0, 0.1) is 6.92 Å². The number of morpholine rings is 1. The zero-order chi connectivity index (χ0) is 24.5. The third kappa shape index (κ3) is 4.22. The first-order chi connectivity index (χ1) is 16.9. The van der Waals surface area contributed by atoms with Crippen LogP contribution < -0.4 is 10.2 Å². The molecule has 1 aromatic heterocycles. The number of nitrogens with zero attached hydrogens (tertiary/aromatic N) is 3. The summed E-state index contributed by atoms with van der Waals surface area (Å²) in [4.78, 5) is 54.1. The van der Waals surface area contributed by atoms with Gasteiger partial charge in [-0.25, -0.2) is 9.69 Å². The van der Waals surface area contributed by atoms with Crippen LogP contribution in [0.4, 0.5) is 10.5 Å². The van der Waals surface area contributed by atoms with E-state index in [-0.39, 0.29) is 18.0 Å². The van der Waals surface area contributed by atoms with E-state index >= 15 is 0 Å². The minimum Gasteiger partial charge on any atom is -0.378 e. The number of amides is 5. The summed E-state index contributed by atoms with van der Waals surface area (Å²) in [6.45, 7) is 4.04. The first-order valence-electron chi connectivity index (χ1n) is 11.3. The molecule has 2 saturated heterocycles. The van der Waals surface area contributed by atoms with Gasteiger partial charge in [0.05, 0.1) is 18.9 Å². The van der Waals surface area contributed by atoms with E-state index in [0.29, 0.717) is 37.6 Å². The number of nitrogens with one attached hydrogen (secondary N) is 1. The van der Waals surface area contributed by atoms with E-state index in [9.17, 15) is 19.2 Å². The standard InChI is InChI=1S/C26H24N4O5/c1-17-6-2-4-8-21(17)30-25(33)20(24(32)27-26(30)34)14-18-15-29(22-9-5-3-7-19(18)22)16-23(31)28-10-12-35-13-11-28/h2-9,14-15H,10-13,16H2,1H3,(H,27,32,34)/b20-14+. The topological polar surface area (TPSA) is 101 Å². The minimum atomic E-state index is -0.787. The van der Waals surface area contributed by atoms with Crippen LogP contribution in [0.25, 0.3) is 17.0 Å². The first-order valence-corrected chi connectivity index (χ1v) is 11.3. The second-order valence-electron chi connectivity index (χ2n) is 8.47. The Balaban J connectivity index is 1.52. The van der Waals surface area contributed by atoms with Gasteiger partial charge in [-0.3, -0.25) is 19.7 Å². The van der Waals surface area contributed by atoms with Crippen molar-refractivity contribution in [2.75, 3.05) is 31.2 Å². The summed E-state index contributed by atoms with van der Waals surface area (Å²) < 4.78 is 7.14. The van der Waals surface area contributed by atoms with Crippen molar-refractivity contribution in [2.24, 2.45) is 0 Å². The molecule has 9 heteroatoms. The highest BCUT2D eigenvalue weighted by atomic mass is 16.5. The zero-order valence-electron chi connectivity index (χ0n) is 19.2. The molecule has 2 aliphatic rings. The zero-order valence-corrected chi connectivity index (χ0v) is 19.2. The lowest BCUT2D eigenvalue weighted by atomic mass is 10.1. The lowest BCUT2D eigenvalue weighted by molar-refractivity contribution is -0.135. The van der Waals surface area contributed by atoms with Gasteiger partial charge in [-0.05, 0) is 30.7 Å². The van der Waals surface area contributed by atoms with Gasteiger partial charge in [0.15, 0.2) is 0 Å². The summed E-state index contributed by atoms with van der Waals surface area (Å²) in [6, 6.07) is 13.7. The number of imide groups is 2. The number of rotatable bonds is 4. The van der Waals surface area contributed by atoms with E-state index in [1.807, 2.05) is 28.8 Å². The molecule has 2 aliphatic heterocycles. The van der Waals surface area contributed by atoms with Crippen LogP contribution >= 0.6 is 0 Å². The molecular weight excluding hydrogens is 448 g/mol. The number of aromatic nitrogens is 1. The Hall–Kier alpha value is -4.24. The molecule has 2 aromatic carbocycles. The molecule has 0 aliphatic carbocycles. The molecule has 5 rings (SSSR count). The molecule has 0 atom stereocenters. The normalized spacial score (nSPS) is 17.9. The largest absolute Gasteiger partial charge is 0.378 e. The smallest absolute Gasteiger partial charge is 0.335 e. The fraction of sp³-hybridized carbons (Fsp3) is 0.231. The molecule has 3 heterocycles. The predicted molar refractivity (Wildman–Crippen MR) is 130 cm³/mol. The Morgan fingerprint density at radius 2 is 1.74 bits per heavy atom. The molecule has 5 amide bonds. The van der Waals surface area contributed by atoms with Crippen molar-refractivity contribution in [3.63, 3.8) is 0 Å². The molecule has 3 aromatic rings. The lowest BCUT2D eigenvalue weighted by Crippen LogP contribution is -2.54. The molecule has 0 spiro atoms. The quantitative estimate of drug-likeness (QED) is 0.465. The maximum Gasteiger partial charge on any atom is 0.335 e. The molecule has 178 valence electrons. The lowest BCUT2D eigenvalue weighted by Gasteiger charge is -2.27. The number of benzene rings is 2. The van der Waals surface area contributed by atoms with E-state index in [1.165, 1.54) is 6.08 Å². The summed E-state index contributed by atoms with van der Waals surface area (Å²) in [5.74, 6) is -1.49. The summed E-state index contributed by atoms with van der Waals surface area (Å²) in [7, 11) is 0. The first kappa shape index (κ1) is 22.5. The molecule has 35 heavy (non-hydrogen) atoms. The molecule has 0 saturated carbocycles. The maximum atomic E-state index is 13.3. The number of ether oxygens (including phenoxy) is 1. The second kappa shape index (κ2) is 9.19. The van der Waals surface area contributed by atoms with Gasteiger partial charge >= 0.3 is 6.03 Å². The van der Waals surface area contributed by atoms with Gasteiger partial charge in [0, 0.05) is 35.8 Å². The van der Waals surface area contributed by atoms with Crippen LogP contribution in [0.3, 0.4) is 0 Å². The maximum absolute atomic E-state index is 13.3. The molecule has 0 bridgehead atoms. The fourth-order valence-electron chi connectivity index (χ4n) is 4.43. The number of urea groups is 1. The Morgan fingerprint density at radius 1 is 1.03 bits per heavy atom. The molecule has 2 fully saturated rings. The Morgan fingerprint density at radius 3 is 2.51 bits per heavy atom. The van der Waals surface area contributed by atoms with Gasteiger partial charge in [-0.15, -0.1) is 0 Å². The average molecular weight is 473 g/mol. The predicted octanol–water partition coefficient (Wildman–Crippen LogP) is 2.47. The molecular formula is C26H24N4O5. The van der Waals surface area contributed by atoms with Crippen molar-refractivity contribution in [1.82, 2.24) is 14.8 Å². The van der Waals surface area contributed by atoms with Crippen LogP contribution in [-0.4, -0.2) is 59.5 Å². The van der Waals surface area contributed by atoms with Gasteiger partial charge in [0.25, 0.3) is 11.8 Å². The molecule has 1 N–H and O–H groups in total. The van der Waals surface area contributed by atoms with Crippen LogP contribution in [0.5, 0.6) is 0 Å². The Labute approximate surface area is 201 Å². The van der Waals surface area contributed by atoms with E-state index in [0.717, 1.165) is 21.4 Å². The summed E-state index contributed by atoms with van der Waals surface area (Å²) >= 11 is 0. The minimum absolute atomic E-state index is 0.0314. The highest BCUT2D eigenvalue weighted by molar-refractivity contribution is 6.39. The Bertz CT molecular complexity index is 1380. The number of hydrogen-bond donors (Lipinski definition) is 1. The van der Waals surface area contributed by atoms with Gasteiger partial charge in [0.1, 0.15) is 12.1 Å². The number of para-hydroxylation sites is 2. The number of carbonyl (C=O) groups is 4. The van der Waals surface area contributed by atoms with Crippen LogP contribution in [0.1, 0.15) is 11.1 Å². The van der Waals surface area contributed by atoms with E-state index in [1.54, 1.807) is 42.3 Å². The van der Waals surface area contributed by atoms with Crippen molar-refractivity contribution in [2.45, 2.75) is 13.5 Å².